The average molecular weight is 296 g/mol. The van der Waals surface area contributed by atoms with Gasteiger partial charge in [-0.1, -0.05) is 50.2 Å². The van der Waals surface area contributed by atoms with Crippen LogP contribution in [-0.4, -0.2) is 35.9 Å². The Hall–Kier alpha value is -2.00. The summed E-state index contributed by atoms with van der Waals surface area (Å²) in [6, 6.07) is 16.9. The molecule has 1 aromatic heterocycles. The first-order valence-corrected chi connectivity index (χ1v) is 8.19. The summed E-state index contributed by atoms with van der Waals surface area (Å²) in [5.41, 5.74) is 2.29. The van der Waals surface area contributed by atoms with Crippen LogP contribution >= 0.6 is 0 Å². The van der Waals surface area contributed by atoms with Gasteiger partial charge in [0.25, 0.3) is 0 Å². The fourth-order valence-corrected chi connectivity index (χ4v) is 3.01. The first-order chi connectivity index (χ1) is 10.8. The van der Waals surface area contributed by atoms with E-state index in [2.05, 4.69) is 67.3 Å². The third kappa shape index (κ3) is 2.81. The zero-order chi connectivity index (χ0) is 15.4. The Morgan fingerprint density at radius 3 is 1.95 bits per heavy atom. The van der Waals surface area contributed by atoms with Gasteiger partial charge in [0.05, 0.1) is 11.0 Å². The Balaban J connectivity index is 1.80. The molecule has 0 bridgehead atoms. The zero-order valence-corrected chi connectivity index (χ0v) is 13.5. The first-order valence-electron chi connectivity index (χ1n) is 8.19. The molecule has 3 nitrogen and oxygen atoms in total. The van der Waals surface area contributed by atoms with Gasteiger partial charge in [0.2, 0.25) is 0 Å². The molecule has 0 unspecified atom stereocenters. The number of nitrogens with zero attached hydrogens (tertiary/aromatic N) is 2. The standard InChI is InChI=1S/C19H24N2O/c1-3-20(4-2)14-9-15-22-21-18-12-7-5-10-16(18)17-11-6-8-13-19(17)21/h5-8,10-13H,3-4,9,14-15H2,1-2H3. The molecular weight excluding hydrogens is 272 g/mol. The number of fused-ring (bicyclic) bond motifs is 3. The van der Waals surface area contributed by atoms with Crippen molar-refractivity contribution in [2.24, 2.45) is 0 Å². The van der Waals surface area contributed by atoms with Crippen molar-refractivity contribution < 1.29 is 4.84 Å². The summed E-state index contributed by atoms with van der Waals surface area (Å²) >= 11 is 0. The fourth-order valence-electron chi connectivity index (χ4n) is 3.01. The van der Waals surface area contributed by atoms with Crippen LogP contribution < -0.4 is 4.84 Å². The maximum absolute atomic E-state index is 6.10. The van der Waals surface area contributed by atoms with E-state index in [1.165, 1.54) is 10.8 Å². The van der Waals surface area contributed by atoms with Gasteiger partial charge in [-0.25, -0.2) is 0 Å². The van der Waals surface area contributed by atoms with Crippen molar-refractivity contribution in [1.82, 2.24) is 9.63 Å². The van der Waals surface area contributed by atoms with Crippen LogP contribution in [0.3, 0.4) is 0 Å². The van der Waals surface area contributed by atoms with Crippen molar-refractivity contribution in [2.45, 2.75) is 20.3 Å². The Bertz CT molecular complexity index is 690. The summed E-state index contributed by atoms with van der Waals surface area (Å²) in [4.78, 5) is 8.53. The highest BCUT2D eigenvalue weighted by Crippen LogP contribution is 2.27. The lowest BCUT2D eigenvalue weighted by molar-refractivity contribution is 0.118. The summed E-state index contributed by atoms with van der Waals surface area (Å²) in [5.74, 6) is 0. The third-order valence-corrected chi connectivity index (χ3v) is 4.27. The van der Waals surface area contributed by atoms with Crippen LogP contribution in [-0.2, 0) is 0 Å². The predicted molar refractivity (Wildman–Crippen MR) is 93.3 cm³/mol. The summed E-state index contributed by atoms with van der Waals surface area (Å²) in [6.07, 6.45) is 1.04. The largest absolute Gasteiger partial charge is 0.413 e. The minimum absolute atomic E-state index is 0.735. The smallest absolute Gasteiger partial charge is 0.116 e. The van der Waals surface area contributed by atoms with Crippen LogP contribution in [0.1, 0.15) is 20.3 Å². The minimum Gasteiger partial charge on any atom is -0.413 e. The Morgan fingerprint density at radius 1 is 0.864 bits per heavy atom. The van der Waals surface area contributed by atoms with Crippen LogP contribution in [0.15, 0.2) is 48.5 Å². The molecule has 0 amide bonds. The highest BCUT2D eigenvalue weighted by Gasteiger charge is 2.10. The Morgan fingerprint density at radius 2 is 1.41 bits per heavy atom. The molecular formula is C19H24N2O. The molecule has 116 valence electrons. The van der Waals surface area contributed by atoms with Crippen molar-refractivity contribution in [1.29, 1.82) is 0 Å². The van der Waals surface area contributed by atoms with Crippen molar-refractivity contribution >= 4 is 21.8 Å². The molecule has 0 fully saturated rings. The highest BCUT2D eigenvalue weighted by atomic mass is 16.7. The molecule has 0 N–H and O–H groups in total. The number of benzene rings is 2. The SMILES string of the molecule is CCN(CC)CCCOn1c2ccccc2c2ccccc21. The quantitative estimate of drug-likeness (QED) is 0.614. The number of hydrogen-bond donors (Lipinski definition) is 0. The lowest BCUT2D eigenvalue weighted by atomic mass is 10.2. The normalized spacial score (nSPS) is 11.6. The fraction of sp³-hybridized carbons (Fsp3) is 0.368. The van der Waals surface area contributed by atoms with E-state index in [9.17, 15) is 0 Å². The van der Waals surface area contributed by atoms with Gasteiger partial charge in [0, 0.05) is 17.3 Å². The Labute approximate surface area is 132 Å². The molecule has 0 saturated carbocycles. The summed E-state index contributed by atoms with van der Waals surface area (Å²) in [5, 5.41) is 2.50. The van der Waals surface area contributed by atoms with Gasteiger partial charge in [-0.05, 0) is 31.6 Å². The second-order valence-electron chi connectivity index (χ2n) is 5.54. The molecule has 0 aliphatic carbocycles. The van der Waals surface area contributed by atoms with E-state index in [4.69, 9.17) is 4.84 Å². The topological polar surface area (TPSA) is 17.4 Å². The number of aromatic nitrogens is 1. The van der Waals surface area contributed by atoms with Crippen LogP contribution in [0, 0.1) is 0 Å². The monoisotopic (exact) mass is 296 g/mol. The molecule has 0 spiro atoms. The highest BCUT2D eigenvalue weighted by molar-refractivity contribution is 6.07. The van der Waals surface area contributed by atoms with Gasteiger partial charge in [-0.15, -0.1) is 0 Å². The molecule has 1 heterocycles. The van der Waals surface area contributed by atoms with E-state index >= 15 is 0 Å². The molecule has 0 aliphatic rings. The van der Waals surface area contributed by atoms with Gasteiger partial charge in [0.15, 0.2) is 0 Å². The lowest BCUT2D eigenvalue weighted by Crippen LogP contribution is -2.26. The molecule has 3 aromatic rings. The molecule has 2 aromatic carbocycles. The number of para-hydroxylation sites is 2. The van der Waals surface area contributed by atoms with Gasteiger partial charge < -0.3 is 9.74 Å². The van der Waals surface area contributed by atoms with E-state index in [0.717, 1.165) is 43.7 Å². The van der Waals surface area contributed by atoms with E-state index in [0.29, 0.717) is 0 Å². The second-order valence-corrected chi connectivity index (χ2v) is 5.54. The molecule has 0 radical (unpaired) electrons. The van der Waals surface area contributed by atoms with Crippen molar-refractivity contribution in [2.75, 3.05) is 26.2 Å². The van der Waals surface area contributed by atoms with Gasteiger partial charge in [-0.3, -0.25) is 0 Å². The van der Waals surface area contributed by atoms with E-state index in [-0.39, 0.29) is 0 Å². The molecule has 0 atom stereocenters. The van der Waals surface area contributed by atoms with Crippen molar-refractivity contribution in [3.63, 3.8) is 0 Å². The minimum atomic E-state index is 0.735. The molecule has 0 aliphatic heterocycles. The third-order valence-electron chi connectivity index (χ3n) is 4.27. The molecule has 3 heteroatoms. The summed E-state index contributed by atoms with van der Waals surface area (Å²) in [6.45, 7) is 8.44. The maximum Gasteiger partial charge on any atom is 0.116 e. The Kier molecular flexibility index (Phi) is 4.64. The van der Waals surface area contributed by atoms with Crippen LogP contribution in [0.25, 0.3) is 21.8 Å². The molecule has 3 rings (SSSR count). The predicted octanol–water partition coefficient (Wildman–Crippen LogP) is 3.96. The maximum atomic E-state index is 6.10. The van der Waals surface area contributed by atoms with Crippen molar-refractivity contribution in [3.05, 3.63) is 48.5 Å². The number of hydrogen-bond acceptors (Lipinski definition) is 2. The van der Waals surface area contributed by atoms with E-state index in [1.54, 1.807) is 0 Å². The average Bonchev–Trinajstić information content (AvgIpc) is 2.89. The number of rotatable bonds is 7. The van der Waals surface area contributed by atoms with Gasteiger partial charge in [0.1, 0.15) is 6.61 Å². The molecule has 0 saturated heterocycles. The van der Waals surface area contributed by atoms with E-state index < -0.39 is 0 Å². The van der Waals surface area contributed by atoms with Crippen LogP contribution in [0.2, 0.25) is 0 Å². The van der Waals surface area contributed by atoms with Crippen LogP contribution in [0.4, 0.5) is 0 Å². The summed E-state index contributed by atoms with van der Waals surface area (Å²) < 4.78 is 1.99. The summed E-state index contributed by atoms with van der Waals surface area (Å²) in [7, 11) is 0. The first kappa shape index (κ1) is 14.9. The van der Waals surface area contributed by atoms with Gasteiger partial charge >= 0.3 is 0 Å². The van der Waals surface area contributed by atoms with E-state index in [1.807, 2.05) is 4.73 Å². The second kappa shape index (κ2) is 6.84. The lowest BCUT2D eigenvalue weighted by Gasteiger charge is -2.18. The van der Waals surface area contributed by atoms with Gasteiger partial charge in [-0.2, -0.15) is 4.73 Å². The van der Waals surface area contributed by atoms with Crippen LogP contribution in [0.5, 0.6) is 0 Å². The zero-order valence-electron chi connectivity index (χ0n) is 13.5. The van der Waals surface area contributed by atoms with Crippen molar-refractivity contribution in [3.8, 4) is 0 Å². The molecule has 22 heavy (non-hydrogen) atoms.